The number of hydrogen-bond acceptors (Lipinski definition) is 4. The molecule has 4 fully saturated rings. The highest BCUT2D eigenvalue weighted by atomic mass is 16.5. The Morgan fingerprint density at radius 3 is 2.65 bits per heavy atom. The van der Waals surface area contributed by atoms with Crippen molar-refractivity contribution < 1.29 is 19.1 Å². The van der Waals surface area contributed by atoms with Gasteiger partial charge in [0.1, 0.15) is 11.6 Å². The zero-order valence-corrected chi connectivity index (χ0v) is 16.2. The van der Waals surface area contributed by atoms with Crippen LogP contribution in [0, 0.1) is 34.5 Å². The maximum atomic E-state index is 12.9. The molecular formula is C22H32O4. The van der Waals surface area contributed by atoms with Gasteiger partial charge < -0.3 is 4.74 Å². The molecule has 0 N–H and O–H groups in total. The van der Waals surface area contributed by atoms with Crippen molar-refractivity contribution in [2.75, 3.05) is 6.61 Å². The Bertz CT molecular complexity index is 626. The van der Waals surface area contributed by atoms with Gasteiger partial charge in [-0.05, 0) is 74.0 Å². The zero-order valence-electron chi connectivity index (χ0n) is 16.2. The molecule has 0 radical (unpaired) electrons. The van der Waals surface area contributed by atoms with E-state index in [1.54, 1.807) is 0 Å². The fourth-order valence-corrected chi connectivity index (χ4v) is 7.46. The lowest BCUT2D eigenvalue weighted by atomic mass is 9.45. The van der Waals surface area contributed by atoms with Crippen molar-refractivity contribution in [2.24, 2.45) is 34.5 Å². The van der Waals surface area contributed by atoms with Gasteiger partial charge in [-0.2, -0.15) is 0 Å². The molecule has 0 aliphatic heterocycles. The lowest BCUT2D eigenvalue weighted by molar-refractivity contribution is -0.152. The Balaban J connectivity index is 1.56. The van der Waals surface area contributed by atoms with Crippen molar-refractivity contribution in [3.8, 4) is 0 Å². The molecule has 0 aromatic heterocycles. The molecule has 0 spiro atoms. The van der Waals surface area contributed by atoms with E-state index in [-0.39, 0.29) is 16.8 Å². The molecule has 4 saturated carbocycles. The van der Waals surface area contributed by atoms with Crippen LogP contribution in [0.4, 0.5) is 0 Å². The summed E-state index contributed by atoms with van der Waals surface area (Å²) in [6.45, 7) is 4.25. The average molecular weight is 360 g/mol. The van der Waals surface area contributed by atoms with E-state index in [0.717, 1.165) is 44.9 Å². The van der Waals surface area contributed by atoms with E-state index in [1.807, 2.05) is 0 Å². The van der Waals surface area contributed by atoms with Gasteiger partial charge in [0.05, 0.1) is 6.61 Å². The smallest absolute Gasteiger partial charge is 0.302 e. The van der Waals surface area contributed by atoms with Crippen LogP contribution in [0.1, 0.15) is 78.1 Å². The SMILES string of the molecule is CC(=O)OCC[C@]12CC[C@H]3[C@@H](CCC4CC(=O)CC[C@@]43C)[C@@H]1CCC2=O. The van der Waals surface area contributed by atoms with Gasteiger partial charge in [-0.15, -0.1) is 0 Å². The summed E-state index contributed by atoms with van der Waals surface area (Å²) < 4.78 is 5.22. The number of esters is 1. The van der Waals surface area contributed by atoms with Crippen molar-refractivity contribution in [1.29, 1.82) is 0 Å². The molecule has 6 atom stereocenters. The summed E-state index contributed by atoms with van der Waals surface area (Å²) in [5.74, 6) is 2.90. The minimum Gasteiger partial charge on any atom is -0.466 e. The highest BCUT2D eigenvalue weighted by Crippen LogP contribution is 2.66. The lowest BCUT2D eigenvalue weighted by Gasteiger charge is -2.59. The Labute approximate surface area is 156 Å². The van der Waals surface area contributed by atoms with Crippen LogP contribution in [0.25, 0.3) is 0 Å². The molecule has 0 bridgehead atoms. The Morgan fingerprint density at radius 1 is 1.08 bits per heavy atom. The molecule has 0 aromatic rings. The molecule has 26 heavy (non-hydrogen) atoms. The molecule has 4 aliphatic rings. The van der Waals surface area contributed by atoms with Crippen LogP contribution in [0.3, 0.4) is 0 Å². The van der Waals surface area contributed by atoms with Crippen LogP contribution in [-0.4, -0.2) is 24.1 Å². The first-order chi connectivity index (χ1) is 12.4. The fraction of sp³-hybridized carbons (Fsp3) is 0.864. The molecule has 4 rings (SSSR count). The quantitative estimate of drug-likeness (QED) is 0.711. The summed E-state index contributed by atoms with van der Waals surface area (Å²) in [5.41, 5.74) is 0.0365. The maximum Gasteiger partial charge on any atom is 0.302 e. The summed E-state index contributed by atoms with van der Waals surface area (Å²) in [6.07, 6.45) is 9.37. The summed E-state index contributed by atoms with van der Waals surface area (Å²) in [6, 6.07) is 0. The number of ether oxygens (including phenoxy) is 1. The minimum absolute atomic E-state index is 0.246. The van der Waals surface area contributed by atoms with Gasteiger partial charge >= 0.3 is 5.97 Å². The molecule has 4 nitrogen and oxygen atoms in total. The average Bonchev–Trinajstić information content (AvgIpc) is 2.92. The van der Waals surface area contributed by atoms with Gasteiger partial charge in [-0.1, -0.05) is 6.92 Å². The van der Waals surface area contributed by atoms with Crippen LogP contribution in [0.5, 0.6) is 0 Å². The minimum atomic E-state index is -0.253. The van der Waals surface area contributed by atoms with E-state index in [1.165, 1.54) is 13.3 Å². The molecule has 0 heterocycles. The molecule has 0 amide bonds. The largest absolute Gasteiger partial charge is 0.466 e. The van der Waals surface area contributed by atoms with Crippen LogP contribution < -0.4 is 0 Å². The van der Waals surface area contributed by atoms with E-state index in [2.05, 4.69) is 6.92 Å². The van der Waals surface area contributed by atoms with E-state index < -0.39 is 0 Å². The van der Waals surface area contributed by atoms with Crippen molar-refractivity contribution in [2.45, 2.75) is 78.1 Å². The Hall–Kier alpha value is -1.19. The number of ketones is 2. The molecule has 0 saturated heterocycles. The number of hydrogen-bond donors (Lipinski definition) is 0. The summed E-state index contributed by atoms with van der Waals surface area (Å²) in [4.78, 5) is 36.1. The van der Waals surface area contributed by atoms with Crippen LogP contribution >= 0.6 is 0 Å². The standard InChI is InChI=1S/C22H32O4/c1-14(23)26-12-11-22-10-8-18-17(19(22)5-6-20(22)25)4-3-15-13-16(24)7-9-21(15,18)2/h15,17-19H,3-13H2,1-2H3/t15?,17-,18+,19+,21+,22-/m1/s1. The summed E-state index contributed by atoms with van der Waals surface area (Å²) in [5, 5.41) is 0. The van der Waals surface area contributed by atoms with Crippen molar-refractivity contribution >= 4 is 17.5 Å². The molecule has 4 heteroatoms. The van der Waals surface area contributed by atoms with E-state index in [0.29, 0.717) is 54.7 Å². The third kappa shape index (κ3) is 2.66. The second-order valence-electron chi connectivity index (χ2n) is 9.65. The third-order valence-electron chi connectivity index (χ3n) is 8.78. The van der Waals surface area contributed by atoms with Gasteiger partial charge in [0, 0.05) is 31.6 Å². The van der Waals surface area contributed by atoms with Crippen molar-refractivity contribution in [3.05, 3.63) is 0 Å². The van der Waals surface area contributed by atoms with Crippen LogP contribution in [0.2, 0.25) is 0 Å². The molecule has 144 valence electrons. The molecular weight excluding hydrogens is 328 g/mol. The van der Waals surface area contributed by atoms with Gasteiger partial charge in [0.15, 0.2) is 0 Å². The second kappa shape index (κ2) is 6.45. The van der Waals surface area contributed by atoms with Gasteiger partial charge in [-0.3, -0.25) is 14.4 Å². The zero-order chi connectivity index (χ0) is 18.5. The monoisotopic (exact) mass is 360 g/mol. The van der Waals surface area contributed by atoms with Crippen LogP contribution in [0.15, 0.2) is 0 Å². The van der Waals surface area contributed by atoms with Gasteiger partial charge in [0.25, 0.3) is 0 Å². The van der Waals surface area contributed by atoms with Gasteiger partial charge in [-0.25, -0.2) is 0 Å². The lowest BCUT2D eigenvalue weighted by Crippen LogP contribution is -2.54. The van der Waals surface area contributed by atoms with E-state index in [4.69, 9.17) is 4.74 Å². The maximum absolute atomic E-state index is 12.9. The second-order valence-corrected chi connectivity index (χ2v) is 9.65. The predicted molar refractivity (Wildman–Crippen MR) is 97.3 cm³/mol. The summed E-state index contributed by atoms with van der Waals surface area (Å²) >= 11 is 0. The first-order valence-corrected chi connectivity index (χ1v) is 10.6. The highest BCUT2D eigenvalue weighted by molar-refractivity contribution is 5.87. The number of rotatable bonds is 3. The highest BCUT2D eigenvalue weighted by Gasteiger charge is 2.61. The number of carbonyl (C=O) groups excluding carboxylic acids is 3. The number of carbonyl (C=O) groups is 3. The molecule has 4 aliphatic carbocycles. The Morgan fingerprint density at radius 2 is 1.88 bits per heavy atom. The third-order valence-corrected chi connectivity index (χ3v) is 8.78. The van der Waals surface area contributed by atoms with Crippen molar-refractivity contribution in [1.82, 2.24) is 0 Å². The van der Waals surface area contributed by atoms with E-state index in [9.17, 15) is 14.4 Å². The topological polar surface area (TPSA) is 60.4 Å². The molecule has 1 unspecified atom stereocenters. The number of Topliss-reactive ketones (excluding diaryl/α,β-unsaturated/α-hetero) is 2. The Kier molecular flexibility index (Phi) is 4.51. The van der Waals surface area contributed by atoms with Crippen molar-refractivity contribution in [3.63, 3.8) is 0 Å². The number of fused-ring (bicyclic) bond motifs is 5. The first kappa shape index (κ1) is 18.2. The molecule has 0 aromatic carbocycles. The summed E-state index contributed by atoms with van der Waals surface area (Å²) in [7, 11) is 0. The van der Waals surface area contributed by atoms with Gasteiger partial charge in [0.2, 0.25) is 0 Å². The normalized spacial score (nSPS) is 44.8. The first-order valence-electron chi connectivity index (χ1n) is 10.6. The fourth-order valence-electron chi connectivity index (χ4n) is 7.46. The predicted octanol–water partition coefficient (Wildman–Crippen LogP) is 4.10. The van der Waals surface area contributed by atoms with Crippen LogP contribution in [-0.2, 0) is 19.1 Å². The van der Waals surface area contributed by atoms with E-state index >= 15 is 0 Å².